The van der Waals surface area contributed by atoms with Crippen LogP contribution in [0.25, 0.3) is 0 Å². The van der Waals surface area contributed by atoms with Crippen molar-refractivity contribution < 1.29 is 33.8 Å². The largest absolute Gasteiger partial charge is 0.497 e. The van der Waals surface area contributed by atoms with E-state index in [1.165, 1.54) is 50.3 Å². The van der Waals surface area contributed by atoms with E-state index in [9.17, 15) is 29.1 Å². The molecule has 4 amide bonds. The second-order valence-electron chi connectivity index (χ2n) is 13.6. The lowest BCUT2D eigenvalue weighted by atomic mass is 9.48. The van der Waals surface area contributed by atoms with Crippen LogP contribution in [-0.4, -0.2) is 70.7 Å². The maximum absolute atomic E-state index is 15.0. The first-order valence-electron chi connectivity index (χ1n) is 15.9. The van der Waals surface area contributed by atoms with E-state index in [2.05, 4.69) is 0 Å². The van der Waals surface area contributed by atoms with Crippen LogP contribution in [0, 0.1) is 23.2 Å². The van der Waals surface area contributed by atoms with Gasteiger partial charge in [0, 0.05) is 32.0 Å². The van der Waals surface area contributed by atoms with Crippen LogP contribution in [0.1, 0.15) is 74.2 Å². The van der Waals surface area contributed by atoms with Gasteiger partial charge in [0.2, 0.25) is 5.91 Å². The van der Waals surface area contributed by atoms with Crippen LogP contribution in [0.4, 0.5) is 10.5 Å². The summed E-state index contributed by atoms with van der Waals surface area (Å²) in [5, 5.41) is 9.81. The van der Waals surface area contributed by atoms with Crippen LogP contribution >= 0.6 is 0 Å². The molecule has 10 nitrogen and oxygen atoms in total. The highest BCUT2D eigenvalue weighted by Crippen LogP contribution is 2.62. The first-order valence-corrected chi connectivity index (χ1v) is 15.9. The molecule has 10 heteroatoms. The number of amides is 4. The van der Waals surface area contributed by atoms with E-state index < -0.39 is 30.5 Å². The highest BCUT2D eigenvalue weighted by molar-refractivity contribution is 6.20. The van der Waals surface area contributed by atoms with Gasteiger partial charge in [0.05, 0.1) is 12.8 Å². The van der Waals surface area contributed by atoms with Gasteiger partial charge < -0.3 is 19.6 Å². The van der Waals surface area contributed by atoms with Crippen LogP contribution in [0.2, 0.25) is 0 Å². The van der Waals surface area contributed by atoms with Crippen molar-refractivity contribution in [1.82, 2.24) is 9.80 Å². The third kappa shape index (κ3) is 6.19. The highest BCUT2D eigenvalue weighted by Gasteiger charge is 2.53. The molecule has 0 spiro atoms. The maximum atomic E-state index is 15.0. The molecule has 1 aliphatic heterocycles. The number of nitrogens with zero attached hydrogens (tertiary/aromatic N) is 3. The fraction of sp³-hybridized carbons (Fsp3) is 0.514. The lowest BCUT2D eigenvalue weighted by Gasteiger charge is -2.58. The molecule has 7 rings (SSSR count). The number of fused-ring (bicyclic) bond motifs is 1. The van der Waals surface area contributed by atoms with Crippen molar-refractivity contribution >= 4 is 35.3 Å². The number of imide groups is 1. The number of aliphatic carboxylic acids is 1. The Morgan fingerprint density at radius 2 is 1.62 bits per heavy atom. The average molecular weight is 616 g/mol. The average Bonchev–Trinajstić information content (AvgIpc) is 3.03. The zero-order chi connectivity index (χ0) is 31.9. The first kappa shape index (κ1) is 30.8. The fourth-order valence-electron chi connectivity index (χ4n) is 9.00. The number of Topliss-reactive ketones (excluding diaryl/α,β-unsaturated/α-hetero) is 1. The van der Waals surface area contributed by atoms with Crippen LogP contribution in [0.3, 0.4) is 0 Å². The molecule has 1 heterocycles. The molecule has 0 radical (unpaired) electrons. The van der Waals surface area contributed by atoms with Crippen molar-refractivity contribution in [1.29, 1.82) is 0 Å². The lowest BCUT2D eigenvalue weighted by molar-refractivity contribution is -0.141. The molecule has 1 N–H and O–H groups in total. The van der Waals surface area contributed by atoms with Gasteiger partial charge in [-0.25, -0.2) is 9.69 Å². The van der Waals surface area contributed by atoms with Gasteiger partial charge in [-0.1, -0.05) is 30.3 Å². The summed E-state index contributed by atoms with van der Waals surface area (Å²) in [7, 11) is 1.46. The van der Waals surface area contributed by atoms with Gasteiger partial charge in [-0.05, 0) is 91.9 Å². The number of anilines is 1. The molecule has 0 saturated heterocycles. The van der Waals surface area contributed by atoms with Gasteiger partial charge in [0.15, 0.2) is 5.78 Å². The Balaban J connectivity index is 1.46. The first-order chi connectivity index (χ1) is 21.6. The maximum Gasteiger partial charge on any atom is 0.332 e. The molecule has 5 aliphatic rings. The SMILES string of the molecule is COc1ccc2c(c1)C(=O)CCN(C(C)=O)C(CC13CC4CC(CC(C4)C1)C3)C(=O)N2C(=O)N(CC(=O)O)Cc1ccccc1. The number of hydrogen-bond donors (Lipinski definition) is 1. The Kier molecular flexibility index (Phi) is 8.41. The summed E-state index contributed by atoms with van der Waals surface area (Å²) in [5.74, 6) is -0.333. The number of carbonyl (C=O) groups is 5. The second-order valence-corrected chi connectivity index (χ2v) is 13.6. The Morgan fingerprint density at radius 1 is 0.978 bits per heavy atom. The molecule has 4 aliphatic carbocycles. The molecule has 4 saturated carbocycles. The van der Waals surface area contributed by atoms with E-state index >= 15 is 0 Å². The molecular formula is C35H41N3O7. The fourth-order valence-corrected chi connectivity index (χ4v) is 9.00. The summed E-state index contributed by atoms with van der Waals surface area (Å²) < 4.78 is 5.38. The number of carboxylic acid groups (broad SMARTS) is 1. The minimum absolute atomic E-state index is 0.0325. The lowest BCUT2D eigenvalue weighted by Crippen LogP contribution is -2.58. The molecule has 238 valence electrons. The van der Waals surface area contributed by atoms with Crippen LogP contribution in [-0.2, 0) is 20.9 Å². The summed E-state index contributed by atoms with van der Waals surface area (Å²) in [5.41, 5.74) is 0.749. The molecule has 45 heavy (non-hydrogen) atoms. The number of carboxylic acids is 1. The molecule has 0 aromatic heterocycles. The third-order valence-electron chi connectivity index (χ3n) is 10.4. The van der Waals surface area contributed by atoms with Gasteiger partial charge >= 0.3 is 12.0 Å². The quantitative estimate of drug-likeness (QED) is 0.457. The van der Waals surface area contributed by atoms with Crippen LogP contribution in [0.15, 0.2) is 48.5 Å². The van der Waals surface area contributed by atoms with Crippen molar-refractivity contribution in [3.63, 3.8) is 0 Å². The summed E-state index contributed by atoms with van der Waals surface area (Å²) in [6, 6.07) is 11.7. The van der Waals surface area contributed by atoms with Crippen LogP contribution in [0.5, 0.6) is 5.75 Å². The zero-order valence-electron chi connectivity index (χ0n) is 25.9. The molecule has 1 unspecified atom stereocenters. The number of hydrogen-bond acceptors (Lipinski definition) is 6. The second kappa shape index (κ2) is 12.3. The number of urea groups is 1. The molecule has 2 aromatic rings. The van der Waals surface area contributed by atoms with Crippen molar-refractivity contribution in [3.05, 3.63) is 59.7 Å². The number of carbonyl (C=O) groups excluding carboxylic acids is 4. The number of ketones is 1. The molecule has 4 fully saturated rings. The zero-order valence-corrected chi connectivity index (χ0v) is 25.9. The van der Waals surface area contributed by atoms with E-state index in [1.807, 2.05) is 6.07 Å². The van der Waals surface area contributed by atoms with E-state index in [0.717, 1.165) is 29.1 Å². The summed E-state index contributed by atoms with van der Waals surface area (Å²) in [6.07, 6.45) is 7.01. The monoisotopic (exact) mass is 615 g/mol. The van der Waals surface area contributed by atoms with E-state index in [-0.39, 0.29) is 47.9 Å². The van der Waals surface area contributed by atoms with E-state index in [0.29, 0.717) is 35.5 Å². The smallest absolute Gasteiger partial charge is 0.332 e. The standard InChI is InChI=1S/C35H41N3O7/c1-22(39)37-11-10-31(40)28-15-27(45-2)8-9-29(28)38(34(44)36(21-32(41)42)20-23-6-4-3-5-7-23)33(43)30(37)19-35-16-24-12-25(17-35)14-26(13-24)18-35/h3-9,15,24-26,30H,10-14,16-21H2,1-2H3,(H,41,42). The van der Waals surface area contributed by atoms with Crippen LogP contribution < -0.4 is 9.64 Å². The predicted octanol–water partition coefficient (Wildman–Crippen LogP) is 5.15. The van der Waals surface area contributed by atoms with Gasteiger partial charge in [-0.3, -0.25) is 19.2 Å². The number of methoxy groups -OCH3 is 1. The minimum Gasteiger partial charge on any atom is -0.497 e. The molecular weight excluding hydrogens is 574 g/mol. The van der Waals surface area contributed by atoms with Crippen molar-refractivity contribution in [3.8, 4) is 5.75 Å². The number of benzene rings is 2. The van der Waals surface area contributed by atoms with Gasteiger partial charge in [0.25, 0.3) is 5.91 Å². The minimum atomic E-state index is -1.24. The Hall–Kier alpha value is -4.21. The van der Waals surface area contributed by atoms with Crippen molar-refractivity contribution in [2.75, 3.05) is 25.1 Å². The Labute approximate surface area is 263 Å². The highest BCUT2D eigenvalue weighted by atomic mass is 16.5. The predicted molar refractivity (Wildman–Crippen MR) is 166 cm³/mol. The molecule has 1 atom stereocenters. The number of rotatable bonds is 7. The van der Waals surface area contributed by atoms with E-state index in [4.69, 9.17) is 4.74 Å². The topological polar surface area (TPSA) is 125 Å². The third-order valence-corrected chi connectivity index (χ3v) is 10.4. The molecule has 4 bridgehead atoms. The number of ether oxygens (including phenoxy) is 1. The van der Waals surface area contributed by atoms with E-state index in [1.54, 1.807) is 30.3 Å². The van der Waals surface area contributed by atoms with Gasteiger partial charge in [-0.2, -0.15) is 0 Å². The Morgan fingerprint density at radius 3 is 2.20 bits per heavy atom. The van der Waals surface area contributed by atoms with Crippen molar-refractivity contribution in [2.45, 2.75) is 70.9 Å². The van der Waals surface area contributed by atoms with Crippen molar-refractivity contribution in [2.24, 2.45) is 23.2 Å². The molecule has 2 aromatic carbocycles. The normalized spacial score (nSPS) is 27.3. The summed E-state index contributed by atoms with van der Waals surface area (Å²) in [6.45, 7) is 0.716. The summed E-state index contributed by atoms with van der Waals surface area (Å²) >= 11 is 0. The van der Waals surface area contributed by atoms with Gasteiger partial charge in [0.1, 0.15) is 18.3 Å². The Bertz CT molecular complexity index is 1470. The summed E-state index contributed by atoms with van der Waals surface area (Å²) in [4.78, 5) is 72.1. The van der Waals surface area contributed by atoms with Gasteiger partial charge in [-0.15, -0.1) is 0 Å².